The smallest absolute Gasteiger partial charge is 0.352 e. The predicted molar refractivity (Wildman–Crippen MR) is 73.3 cm³/mol. The topological polar surface area (TPSA) is 164 Å². The molecule has 0 atom stereocenters. The van der Waals surface area contributed by atoms with Gasteiger partial charge in [0.15, 0.2) is 0 Å². The average Bonchev–Trinajstić information content (AvgIpc) is 2.97. The Balaban J connectivity index is 2.39. The Morgan fingerprint density at radius 1 is 1.12 bits per heavy atom. The lowest BCUT2D eigenvalue weighted by molar-refractivity contribution is -0.120. The summed E-state index contributed by atoms with van der Waals surface area (Å²) in [5.41, 5.74) is -2.06. The van der Waals surface area contributed by atoms with Gasteiger partial charge in [0.1, 0.15) is 11.4 Å². The number of hydrogen-bond acceptors (Lipinski definition) is 7. The highest BCUT2D eigenvalue weighted by molar-refractivity contribution is 6.52. The van der Waals surface area contributed by atoms with E-state index in [9.17, 15) is 29.1 Å². The molecule has 0 aliphatic heterocycles. The molecular weight excluding hydrogens is 324 g/mol. The van der Waals surface area contributed by atoms with E-state index in [1.807, 2.05) is 0 Å². The average molecular weight is 330 g/mol. The summed E-state index contributed by atoms with van der Waals surface area (Å²) in [7, 11) is 0. The van der Waals surface area contributed by atoms with Crippen LogP contribution in [0.2, 0.25) is 0 Å². The minimum Gasteiger partial charge on any atom is -0.478 e. The molecule has 24 heavy (non-hydrogen) atoms. The molecule has 0 amide bonds. The molecule has 2 heterocycles. The van der Waals surface area contributed by atoms with E-state index in [1.54, 1.807) is 0 Å². The SMILES string of the molecule is O=COc1cc(C(=O)O)c2c(n1)C(=O)C(=O)c1cc(C(=O)O)[nH]c1-2. The Hall–Kier alpha value is -3.82. The predicted octanol–water partition coefficient (Wildman–Crippen LogP) is 0.387. The molecule has 0 radical (unpaired) electrons. The lowest BCUT2D eigenvalue weighted by Gasteiger charge is -2.16. The van der Waals surface area contributed by atoms with E-state index in [0.29, 0.717) is 0 Å². The molecule has 1 aliphatic rings. The first-order valence-electron chi connectivity index (χ1n) is 6.29. The number of aromatic nitrogens is 2. The Bertz CT molecular complexity index is 956. The van der Waals surface area contributed by atoms with E-state index < -0.39 is 46.3 Å². The number of ketones is 2. The van der Waals surface area contributed by atoms with E-state index >= 15 is 0 Å². The summed E-state index contributed by atoms with van der Waals surface area (Å²) < 4.78 is 4.45. The van der Waals surface area contributed by atoms with Gasteiger partial charge in [0.25, 0.3) is 12.3 Å². The number of rotatable bonds is 4. The molecule has 0 unspecified atom stereocenters. The van der Waals surface area contributed by atoms with Gasteiger partial charge in [0.2, 0.25) is 11.7 Å². The maximum atomic E-state index is 12.2. The molecule has 0 saturated heterocycles. The number of ether oxygens (including phenoxy) is 1. The summed E-state index contributed by atoms with van der Waals surface area (Å²) in [4.78, 5) is 63.3. The van der Waals surface area contributed by atoms with Gasteiger partial charge in [-0.3, -0.25) is 14.4 Å². The summed E-state index contributed by atoms with van der Waals surface area (Å²) in [6.45, 7) is -0.0158. The molecule has 0 fully saturated rings. The van der Waals surface area contributed by atoms with Crippen LogP contribution in [0.1, 0.15) is 41.7 Å². The van der Waals surface area contributed by atoms with E-state index in [2.05, 4.69) is 14.7 Å². The molecule has 120 valence electrons. The Kier molecular flexibility index (Phi) is 3.22. The normalized spacial score (nSPS) is 12.3. The number of carbonyl (C=O) groups excluding carboxylic acids is 3. The highest BCUT2D eigenvalue weighted by Crippen LogP contribution is 2.36. The number of hydrogen-bond donors (Lipinski definition) is 3. The zero-order valence-corrected chi connectivity index (χ0v) is 11.5. The first kappa shape index (κ1) is 15.1. The standard InChI is InChI=1S/C14H6N2O8/c17-3-24-7-2-4(13(20)21)8-9-5(1-6(15-9)14(22)23)11(18)12(19)10(8)16-7/h1-3,15H,(H,20,21)(H,22,23). The minimum atomic E-state index is -1.48. The van der Waals surface area contributed by atoms with E-state index in [-0.39, 0.29) is 23.3 Å². The van der Waals surface area contributed by atoms with Crippen molar-refractivity contribution in [3.05, 3.63) is 34.6 Å². The van der Waals surface area contributed by atoms with Crippen molar-refractivity contribution in [2.45, 2.75) is 0 Å². The van der Waals surface area contributed by atoms with Crippen molar-refractivity contribution >= 4 is 30.0 Å². The number of pyridine rings is 1. The van der Waals surface area contributed by atoms with Crippen molar-refractivity contribution in [3.63, 3.8) is 0 Å². The first-order chi connectivity index (χ1) is 11.3. The molecule has 2 aromatic heterocycles. The molecule has 10 heteroatoms. The van der Waals surface area contributed by atoms with Gasteiger partial charge in [0, 0.05) is 11.6 Å². The summed E-state index contributed by atoms with van der Waals surface area (Å²) in [5, 5.41) is 18.3. The van der Waals surface area contributed by atoms with Crippen molar-refractivity contribution in [1.82, 2.24) is 9.97 Å². The van der Waals surface area contributed by atoms with Crippen LogP contribution in [0.25, 0.3) is 11.3 Å². The van der Waals surface area contributed by atoms with E-state index in [4.69, 9.17) is 5.11 Å². The minimum absolute atomic E-state index is 0.0158. The van der Waals surface area contributed by atoms with E-state index in [0.717, 1.165) is 12.1 Å². The molecule has 10 nitrogen and oxygen atoms in total. The molecule has 0 bridgehead atoms. The van der Waals surface area contributed by atoms with Gasteiger partial charge in [-0.2, -0.15) is 0 Å². The van der Waals surface area contributed by atoms with Crippen molar-refractivity contribution in [1.29, 1.82) is 0 Å². The van der Waals surface area contributed by atoms with Crippen molar-refractivity contribution in [3.8, 4) is 17.1 Å². The lowest BCUT2D eigenvalue weighted by atomic mass is 9.89. The molecule has 2 aromatic rings. The summed E-state index contributed by atoms with van der Waals surface area (Å²) in [5.74, 6) is -5.53. The van der Waals surface area contributed by atoms with Gasteiger partial charge < -0.3 is 19.9 Å². The number of carboxylic acids is 2. The van der Waals surface area contributed by atoms with Crippen molar-refractivity contribution < 1.29 is 38.9 Å². The second-order valence-electron chi connectivity index (χ2n) is 4.69. The van der Waals surface area contributed by atoms with Crippen LogP contribution < -0.4 is 4.74 Å². The van der Waals surface area contributed by atoms with Crippen LogP contribution in [0.15, 0.2) is 12.1 Å². The van der Waals surface area contributed by atoms with Gasteiger partial charge >= 0.3 is 11.9 Å². The third kappa shape index (κ3) is 2.05. The van der Waals surface area contributed by atoms with Crippen LogP contribution in [-0.2, 0) is 4.79 Å². The molecule has 1 aliphatic carbocycles. The zero-order valence-electron chi connectivity index (χ0n) is 11.5. The fourth-order valence-corrected chi connectivity index (χ4v) is 2.39. The van der Waals surface area contributed by atoms with E-state index in [1.165, 1.54) is 0 Å². The lowest BCUT2D eigenvalue weighted by Crippen LogP contribution is -2.24. The quantitative estimate of drug-likeness (QED) is 0.531. The third-order valence-corrected chi connectivity index (χ3v) is 3.36. The van der Waals surface area contributed by atoms with Crippen LogP contribution in [0, 0.1) is 0 Å². The second kappa shape index (κ2) is 5.12. The number of aromatic amines is 1. The monoisotopic (exact) mass is 330 g/mol. The van der Waals surface area contributed by atoms with Crippen LogP contribution in [0.4, 0.5) is 0 Å². The molecule has 0 saturated carbocycles. The Morgan fingerprint density at radius 3 is 2.42 bits per heavy atom. The van der Waals surface area contributed by atoms with Crippen molar-refractivity contribution in [2.24, 2.45) is 0 Å². The first-order valence-corrected chi connectivity index (χ1v) is 6.29. The Labute approximate surface area is 131 Å². The molecular formula is C14H6N2O8. The summed E-state index contributed by atoms with van der Waals surface area (Å²) in [6, 6.07) is 1.84. The number of aromatic carboxylic acids is 2. The van der Waals surface area contributed by atoms with Gasteiger partial charge in [-0.25, -0.2) is 14.6 Å². The number of Topliss-reactive ketones (excluding diaryl/α,β-unsaturated/α-hetero) is 2. The molecule has 0 aromatic carbocycles. The van der Waals surface area contributed by atoms with Gasteiger partial charge in [-0.1, -0.05) is 0 Å². The van der Waals surface area contributed by atoms with Crippen LogP contribution in [0.5, 0.6) is 5.88 Å². The largest absolute Gasteiger partial charge is 0.478 e. The number of carboxylic acid groups (broad SMARTS) is 2. The number of carbonyl (C=O) groups is 5. The molecule has 3 rings (SSSR count). The van der Waals surface area contributed by atoms with Crippen LogP contribution >= 0.6 is 0 Å². The van der Waals surface area contributed by atoms with Gasteiger partial charge in [-0.05, 0) is 6.07 Å². The van der Waals surface area contributed by atoms with Gasteiger partial charge in [-0.15, -0.1) is 0 Å². The number of nitrogens with zero attached hydrogens (tertiary/aromatic N) is 1. The molecule has 0 spiro atoms. The summed E-state index contributed by atoms with van der Waals surface area (Å²) in [6.07, 6.45) is 0. The fraction of sp³-hybridized carbons (Fsp3) is 0. The van der Waals surface area contributed by atoms with Crippen LogP contribution in [-0.4, -0.2) is 50.2 Å². The number of H-pyrrole nitrogens is 1. The van der Waals surface area contributed by atoms with Crippen LogP contribution in [0.3, 0.4) is 0 Å². The second-order valence-corrected chi connectivity index (χ2v) is 4.69. The third-order valence-electron chi connectivity index (χ3n) is 3.36. The van der Waals surface area contributed by atoms with Crippen molar-refractivity contribution in [2.75, 3.05) is 0 Å². The van der Waals surface area contributed by atoms with Gasteiger partial charge in [0.05, 0.1) is 16.8 Å². The number of fused-ring (bicyclic) bond motifs is 3. The fourth-order valence-electron chi connectivity index (χ4n) is 2.39. The molecule has 3 N–H and O–H groups in total. The zero-order chi connectivity index (χ0) is 17.6. The maximum Gasteiger partial charge on any atom is 0.352 e. The maximum absolute atomic E-state index is 12.2. The Morgan fingerprint density at radius 2 is 1.83 bits per heavy atom. The number of nitrogens with one attached hydrogen (secondary N) is 1. The summed E-state index contributed by atoms with van der Waals surface area (Å²) >= 11 is 0. The highest BCUT2D eigenvalue weighted by atomic mass is 16.5. The highest BCUT2D eigenvalue weighted by Gasteiger charge is 2.37.